The summed E-state index contributed by atoms with van der Waals surface area (Å²) < 4.78 is 27.0. The maximum atomic E-state index is 11.7. The van der Waals surface area contributed by atoms with E-state index < -0.39 is 10.0 Å². The van der Waals surface area contributed by atoms with Crippen LogP contribution in [0.2, 0.25) is 0 Å². The van der Waals surface area contributed by atoms with Gasteiger partial charge >= 0.3 is 0 Å². The first-order valence-electron chi connectivity index (χ1n) is 4.36. The van der Waals surface area contributed by atoms with E-state index in [0.717, 1.165) is 0 Å². The van der Waals surface area contributed by atoms with Crippen molar-refractivity contribution in [2.24, 2.45) is 7.05 Å². The smallest absolute Gasteiger partial charge is 0.260 e. The average Bonchev–Trinajstić information content (AvgIpc) is 2.46. The van der Waals surface area contributed by atoms with Gasteiger partial charge in [0.05, 0.1) is 6.33 Å². The fourth-order valence-corrected chi connectivity index (χ4v) is 2.42. The zero-order valence-electron chi connectivity index (χ0n) is 8.34. The highest BCUT2D eigenvalue weighted by Crippen LogP contribution is 2.14. The number of sulfonamides is 1. The molecule has 1 heterocycles. The van der Waals surface area contributed by atoms with Gasteiger partial charge in [0.15, 0.2) is 10.8 Å². The molecule has 0 aliphatic rings. The van der Waals surface area contributed by atoms with Crippen LogP contribution in [0.5, 0.6) is 0 Å². The number of nitrogens with two attached hydrogens (primary N) is 1. The fraction of sp³-hybridized carbons (Fsp3) is 0.571. The molecule has 1 aromatic heterocycles. The van der Waals surface area contributed by atoms with E-state index in [1.165, 1.54) is 10.9 Å². The molecule has 0 spiro atoms. The van der Waals surface area contributed by atoms with Gasteiger partial charge < -0.3 is 15.4 Å². The highest BCUT2D eigenvalue weighted by Gasteiger charge is 2.21. The van der Waals surface area contributed by atoms with Crippen molar-refractivity contribution in [1.82, 2.24) is 14.3 Å². The molecule has 0 bridgehead atoms. The van der Waals surface area contributed by atoms with Gasteiger partial charge in [-0.3, -0.25) is 0 Å². The quantitative estimate of drug-likeness (QED) is 0.546. The topological polar surface area (TPSA) is 110 Å². The number of nitrogens with zero attached hydrogens (tertiary/aromatic N) is 2. The molecule has 0 fully saturated rings. The molecule has 1 rings (SSSR count). The summed E-state index contributed by atoms with van der Waals surface area (Å²) in [5.41, 5.74) is 5.43. The molecule has 0 atom stereocenters. The summed E-state index contributed by atoms with van der Waals surface area (Å²) >= 11 is 0. The Bertz CT molecular complexity index is 406. The van der Waals surface area contributed by atoms with Crippen molar-refractivity contribution >= 4 is 15.8 Å². The van der Waals surface area contributed by atoms with E-state index in [-0.39, 0.29) is 24.0 Å². The number of rotatable bonds is 5. The average molecular weight is 234 g/mol. The third-order valence-electron chi connectivity index (χ3n) is 1.79. The molecule has 1 aromatic rings. The van der Waals surface area contributed by atoms with Gasteiger partial charge in [0.1, 0.15) is 0 Å². The molecular weight excluding hydrogens is 220 g/mol. The third-order valence-corrected chi connectivity index (χ3v) is 3.38. The van der Waals surface area contributed by atoms with Crippen LogP contribution in [0.1, 0.15) is 6.42 Å². The largest absolute Gasteiger partial charge is 0.396 e. The lowest BCUT2D eigenvalue weighted by atomic mass is 10.5. The van der Waals surface area contributed by atoms with Crippen molar-refractivity contribution in [3.05, 3.63) is 6.33 Å². The van der Waals surface area contributed by atoms with E-state index in [9.17, 15) is 8.42 Å². The van der Waals surface area contributed by atoms with Gasteiger partial charge in [-0.05, 0) is 6.42 Å². The summed E-state index contributed by atoms with van der Waals surface area (Å²) in [6, 6.07) is 0. The standard InChI is InChI=1S/C7H14N4O3S/c1-11-5-9-6(8)7(11)15(13,14)10-3-2-4-12/h5,10,12H,2-4,8H2,1H3. The van der Waals surface area contributed by atoms with E-state index >= 15 is 0 Å². The summed E-state index contributed by atoms with van der Waals surface area (Å²) in [6.07, 6.45) is 1.69. The lowest BCUT2D eigenvalue weighted by molar-refractivity contribution is 0.289. The summed E-state index contributed by atoms with van der Waals surface area (Å²) in [5.74, 6) is -0.0333. The molecule has 8 heteroatoms. The number of imidazole rings is 1. The number of hydrogen-bond donors (Lipinski definition) is 3. The molecule has 7 nitrogen and oxygen atoms in total. The summed E-state index contributed by atoms with van der Waals surface area (Å²) in [4.78, 5) is 3.68. The van der Waals surface area contributed by atoms with Crippen molar-refractivity contribution < 1.29 is 13.5 Å². The minimum absolute atomic E-state index is 0.0333. The Labute approximate surface area is 88.0 Å². The molecule has 4 N–H and O–H groups in total. The zero-order valence-corrected chi connectivity index (χ0v) is 9.16. The summed E-state index contributed by atoms with van der Waals surface area (Å²) in [6.45, 7) is 0.104. The molecule has 0 aliphatic heterocycles. The number of nitrogens with one attached hydrogen (secondary N) is 1. The van der Waals surface area contributed by atoms with Crippen LogP contribution in [0, 0.1) is 0 Å². The lowest BCUT2D eigenvalue weighted by Gasteiger charge is -2.06. The highest BCUT2D eigenvalue weighted by atomic mass is 32.2. The van der Waals surface area contributed by atoms with Gasteiger partial charge in [-0.25, -0.2) is 18.1 Å². The first-order valence-corrected chi connectivity index (χ1v) is 5.84. The molecule has 0 amide bonds. The Balaban J connectivity index is 2.87. The summed E-state index contributed by atoms with van der Waals surface area (Å²) in [5, 5.41) is 8.47. The van der Waals surface area contributed by atoms with Gasteiger partial charge in [0, 0.05) is 20.2 Å². The Kier molecular flexibility index (Phi) is 3.66. The molecular formula is C7H14N4O3S. The molecule has 86 valence electrons. The fourth-order valence-electron chi connectivity index (χ4n) is 1.12. The Morgan fingerprint density at radius 2 is 2.33 bits per heavy atom. The lowest BCUT2D eigenvalue weighted by Crippen LogP contribution is -2.27. The van der Waals surface area contributed by atoms with Crippen LogP contribution >= 0.6 is 0 Å². The number of hydrogen-bond acceptors (Lipinski definition) is 5. The number of anilines is 1. The number of nitrogen functional groups attached to an aromatic ring is 1. The number of aromatic nitrogens is 2. The number of aliphatic hydroxyl groups excluding tert-OH is 1. The third kappa shape index (κ3) is 2.67. The molecule has 15 heavy (non-hydrogen) atoms. The number of aliphatic hydroxyl groups is 1. The molecule has 0 saturated heterocycles. The van der Waals surface area contributed by atoms with Crippen LogP contribution in [0.4, 0.5) is 5.82 Å². The van der Waals surface area contributed by atoms with Crippen molar-refractivity contribution in [2.75, 3.05) is 18.9 Å². The maximum Gasteiger partial charge on any atom is 0.260 e. The summed E-state index contributed by atoms with van der Waals surface area (Å²) in [7, 11) is -2.09. The van der Waals surface area contributed by atoms with Crippen molar-refractivity contribution in [3.63, 3.8) is 0 Å². The molecule has 0 radical (unpaired) electrons. The van der Waals surface area contributed by atoms with Gasteiger partial charge in [-0.15, -0.1) is 0 Å². The SMILES string of the molecule is Cn1cnc(N)c1S(=O)(=O)NCCCO. The first-order chi connectivity index (χ1) is 6.99. The molecule has 0 unspecified atom stereocenters. The van der Waals surface area contributed by atoms with Crippen molar-refractivity contribution in [1.29, 1.82) is 0 Å². The monoisotopic (exact) mass is 234 g/mol. The normalized spacial score (nSPS) is 11.9. The van der Waals surface area contributed by atoms with Crippen LogP contribution < -0.4 is 10.5 Å². The second kappa shape index (κ2) is 4.60. The Hall–Kier alpha value is -1.12. The van der Waals surface area contributed by atoms with Gasteiger partial charge in [0.25, 0.3) is 10.0 Å². The van der Waals surface area contributed by atoms with E-state index in [0.29, 0.717) is 6.42 Å². The Morgan fingerprint density at radius 1 is 1.67 bits per heavy atom. The van der Waals surface area contributed by atoms with Crippen LogP contribution in [0.15, 0.2) is 11.4 Å². The predicted molar refractivity (Wildman–Crippen MR) is 54.5 cm³/mol. The Morgan fingerprint density at radius 3 is 2.80 bits per heavy atom. The number of aryl methyl sites for hydroxylation is 1. The second-order valence-corrected chi connectivity index (χ2v) is 4.70. The first kappa shape index (κ1) is 12.0. The van der Waals surface area contributed by atoms with E-state index in [1.807, 2.05) is 0 Å². The molecule has 0 aromatic carbocycles. The van der Waals surface area contributed by atoms with Gasteiger partial charge in [-0.1, -0.05) is 0 Å². The molecule has 0 aliphatic carbocycles. The predicted octanol–water partition coefficient (Wildman–Crippen LogP) is -1.34. The second-order valence-electron chi connectivity index (χ2n) is 3.02. The van der Waals surface area contributed by atoms with Crippen LogP contribution in [-0.4, -0.2) is 36.2 Å². The van der Waals surface area contributed by atoms with Gasteiger partial charge in [-0.2, -0.15) is 0 Å². The van der Waals surface area contributed by atoms with E-state index in [2.05, 4.69) is 9.71 Å². The van der Waals surface area contributed by atoms with Crippen LogP contribution in [0.25, 0.3) is 0 Å². The van der Waals surface area contributed by atoms with Crippen molar-refractivity contribution in [3.8, 4) is 0 Å². The van der Waals surface area contributed by atoms with Crippen LogP contribution in [-0.2, 0) is 17.1 Å². The molecule has 0 saturated carbocycles. The van der Waals surface area contributed by atoms with Crippen molar-refractivity contribution in [2.45, 2.75) is 11.4 Å². The van der Waals surface area contributed by atoms with E-state index in [4.69, 9.17) is 10.8 Å². The minimum Gasteiger partial charge on any atom is -0.396 e. The maximum absolute atomic E-state index is 11.7. The minimum atomic E-state index is -3.64. The highest BCUT2D eigenvalue weighted by molar-refractivity contribution is 7.89. The van der Waals surface area contributed by atoms with E-state index in [1.54, 1.807) is 7.05 Å². The van der Waals surface area contributed by atoms with Gasteiger partial charge in [0.2, 0.25) is 0 Å². The van der Waals surface area contributed by atoms with Crippen LogP contribution in [0.3, 0.4) is 0 Å². The zero-order chi connectivity index (χ0) is 11.5.